The molecule has 1 aliphatic rings. The number of para-hydroxylation sites is 1. The summed E-state index contributed by atoms with van der Waals surface area (Å²) >= 11 is 0. The lowest BCUT2D eigenvalue weighted by molar-refractivity contribution is -0.145. The summed E-state index contributed by atoms with van der Waals surface area (Å²) in [5.41, 5.74) is -0.589. The predicted molar refractivity (Wildman–Crippen MR) is 91.0 cm³/mol. The molecule has 2 aromatic rings. The summed E-state index contributed by atoms with van der Waals surface area (Å²) in [6.07, 6.45) is -4.20. The first-order chi connectivity index (χ1) is 12.0. The van der Waals surface area contributed by atoms with Crippen LogP contribution in [0.25, 0.3) is 0 Å². The smallest absolute Gasteiger partial charge is 0.320 e. The maximum Gasteiger partial charge on any atom is 0.320 e. The fourth-order valence-corrected chi connectivity index (χ4v) is 2.87. The van der Waals surface area contributed by atoms with Crippen LogP contribution in [-0.2, 0) is 5.54 Å². The van der Waals surface area contributed by atoms with Crippen LogP contribution in [0.5, 0.6) is 0 Å². The number of benzene rings is 2. The molecule has 8 nitrogen and oxygen atoms in total. The van der Waals surface area contributed by atoms with E-state index < -0.39 is 30.4 Å². The lowest BCUT2D eigenvalue weighted by atomic mass is 9.84. The SMILES string of the molecule is O=C(Nc1ccccc1)NC1(c2ccccc2)C(O)NC(O)NC1O. The molecule has 0 bridgehead atoms. The van der Waals surface area contributed by atoms with Gasteiger partial charge in [-0.05, 0) is 17.7 Å². The Morgan fingerprint density at radius 3 is 1.96 bits per heavy atom. The number of anilines is 1. The summed E-state index contributed by atoms with van der Waals surface area (Å²) in [4.78, 5) is 12.5. The summed E-state index contributed by atoms with van der Waals surface area (Å²) in [5, 5.41) is 40.9. The van der Waals surface area contributed by atoms with Gasteiger partial charge < -0.3 is 26.0 Å². The van der Waals surface area contributed by atoms with E-state index in [1.807, 2.05) is 6.07 Å². The molecule has 2 aromatic carbocycles. The first-order valence-electron chi connectivity index (χ1n) is 7.78. The molecular weight excluding hydrogens is 324 g/mol. The zero-order valence-electron chi connectivity index (χ0n) is 13.3. The molecule has 132 valence electrons. The third kappa shape index (κ3) is 3.48. The van der Waals surface area contributed by atoms with E-state index in [-0.39, 0.29) is 0 Å². The van der Waals surface area contributed by atoms with Gasteiger partial charge in [0.05, 0.1) is 0 Å². The Hall–Kier alpha value is -2.49. The normalized spacial score (nSPS) is 29.0. The van der Waals surface area contributed by atoms with E-state index in [0.717, 1.165) is 0 Å². The predicted octanol–water partition coefficient (Wildman–Crippen LogP) is -0.191. The number of carbonyl (C=O) groups excluding carboxylic acids is 1. The second-order valence-corrected chi connectivity index (χ2v) is 5.72. The highest BCUT2D eigenvalue weighted by atomic mass is 16.4. The highest BCUT2D eigenvalue weighted by Crippen LogP contribution is 2.30. The van der Waals surface area contributed by atoms with Crippen molar-refractivity contribution in [1.29, 1.82) is 0 Å². The molecule has 0 aliphatic carbocycles. The number of aliphatic hydroxyl groups is 3. The molecule has 1 aliphatic heterocycles. The Kier molecular flexibility index (Phi) is 4.98. The van der Waals surface area contributed by atoms with Crippen LogP contribution >= 0.6 is 0 Å². The maximum absolute atomic E-state index is 12.5. The van der Waals surface area contributed by atoms with Gasteiger partial charge in [-0.25, -0.2) is 4.79 Å². The Morgan fingerprint density at radius 1 is 0.880 bits per heavy atom. The minimum Gasteiger partial charge on any atom is -0.375 e. The largest absolute Gasteiger partial charge is 0.375 e. The van der Waals surface area contributed by atoms with Crippen LogP contribution < -0.4 is 21.3 Å². The highest BCUT2D eigenvalue weighted by Gasteiger charge is 2.51. The number of aliphatic hydroxyl groups excluding tert-OH is 3. The first kappa shape index (κ1) is 17.3. The minimum atomic E-state index is -1.61. The number of rotatable bonds is 3. The third-order valence-corrected chi connectivity index (χ3v) is 4.10. The van der Waals surface area contributed by atoms with E-state index in [1.165, 1.54) is 0 Å². The van der Waals surface area contributed by atoms with Crippen LogP contribution in [0.3, 0.4) is 0 Å². The van der Waals surface area contributed by atoms with Gasteiger partial charge in [0.2, 0.25) is 0 Å². The zero-order chi connectivity index (χ0) is 17.9. The highest BCUT2D eigenvalue weighted by molar-refractivity contribution is 5.90. The molecule has 8 heteroatoms. The topological polar surface area (TPSA) is 126 Å². The van der Waals surface area contributed by atoms with Gasteiger partial charge in [-0.3, -0.25) is 10.6 Å². The van der Waals surface area contributed by atoms with Gasteiger partial charge in [0, 0.05) is 5.69 Å². The van der Waals surface area contributed by atoms with Gasteiger partial charge in [-0.2, -0.15) is 0 Å². The average molecular weight is 344 g/mol. The van der Waals surface area contributed by atoms with Crippen molar-refractivity contribution in [3.8, 4) is 0 Å². The Balaban J connectivity index is 1.91. The van der Waals surface area contributed by atoms with Crippen molar-refractivity contribution in [2.45, 2.75) is 24.3 Å². The summed E-state index contributed by atoms with van der Waals surface area (Å²) in [6.45, 7) is 0. The molecule has 0 radical (unpaired) electrons. The molecular formula is C17H20N4O4. The Morgan fingerprint density at radius 2 is 1.40 bits per heavy atom. The van der Waals surface area contributed by atoms with Gasteiger partial charge in [-0.1, -0.05) is 48.5 Å². The summed E-state index contributed by atoms with van der Waals surface area (Å²) in [5.74, 6) is 0. The van der Waals surface area contributed by atoms with Gasteiger partial charge in [0.15, 0.2) is 6.35 Å². The number of nitrogens with one attached hydrogen (secondary N) is 4. The lowest BCUT2D eigenvalue weighted by Crippen LogP contribution is -2.76. The standard InChI is InChI=1S/C17H20N4O4/c22-13-17(11-7-3-1-4-8-11,14(23)20-15(24)19-13)21-16(25)18-12-9-5-2-6-10-12/h1-10,13-15,19-20,22-24H,(H2,18,21,25). The van der Waals surface area contributed by atoms with Gasteiger partial charge in [0.1, 0.15) is 18.0 Å². The van der Waals surface area contributed by atoms with E-state index in [4.69, 9.17) is 0 Å². The van der Waals surface area contributed by atoms with E-state index >= 15 is 0 Å². The zero-order valence-corrected chi connectivity index (χ0v) is 13.3. The monoisotopic (exact) mass is 344 g/mol. The fourth-order valence-electron chi connectivity index (χ4n) is 2.87. The van der Waals surface area contributed by atoms with E-state index in [2.05, 4.69) is 21.3 Å². The average Bonchev–Trinajstić information content (AvgIpc) is 2.60. The third-order valence-electron chi connectivity index (χ3n) is 4.10. The quantitative estimate of drug-likeness (QED) is 0.414. The van der Waals surface area contributed by atoms with Crippen molar-refractivity contribution in [3.05, 3.63) is 66.2 Å². The van der Waals surface area contributed by atoms with Crippen LogP contribution in [0.1, 0.15) is 5.56 Å². The van der Waals surface area contributed by atoms with Crippen molar-refractivity contribution in [1.82, 2.24) is 16.0 Å². The summed E-state index contributed by atoms with van der Waals surface area (Å²) in [7, 11) is 0. The van der Waals surface area contributed by atoms with E-state index in [0.29, 0.717) is 11.3 Å². The van der Waals surface area contributed by atoms with Crippen molar-refractivity contribution >= 4 is 11.7 Å². The van der Waals surface area contributed by atoms with E-state index in [1.54, 1.807) is 54.6 Å². The second-order valence-electron chi connectivity index (χ2n) is 5.72. The molecule has 7 N–H and O–H groups in total. The first-order valence-corrected chi connectivity index (χ1v) is 7.78. The fraction of sp³-hybridized carbons (Fsp3) is 0.235. The summed E-state index contributed by atoms with van der Waals surface area (Å²) < 4.78 is 0. The van der Waals surface area contributed by atoms with Crippen LogP contribution in [-0.4, -0.2) is 40.2 Å². The number of hydrogen-bond acceptors (Lipinski definition) is 6. The maximum atomic E-state index is 12.5. The van der Waals surface area contributed by atoms with Gasteiger partial charge >= 0.3 is 6.03 Å². The molecule has 2 amide bonds. The molecule has 2 atom stereocenters. The lowest BCUT2D eigenvalue weighted by Gasteiger charge is -2.47. The summed E-state index contributed by atoms with van der Waals surface area (Å²) in [6, 6.07) is 16.7. The second kappa shape index (κ2) is 7.18. The Bertz CT molecular complexity index is 701. The van der Waals surface area contributed by atoms with Crippen LogP contribution in [0, 0.1) is 0 Å². The van der Waals surface area contributed by atoms with Crippen molar-refractivity contribution < 1.29 is 20.1 Å². The van der Waals surface area contributed by atoms with Crippen molar-refractivity contribution in [2.24, 2.45) is 0 Å². The molecule has 0 saturated carbocycles. The molecule has 0 aromatic heterocycles. The van der Waals surface area contributed by atoms with Gasteiger partial charge in [0.25, 0.3) is 0 Å². The number of urea groups is 1. The van der Waals surface area contributed by atoms with Crippen LogP contribution in [0.15, 0.2) is 60.7 Å². The molecule has 3 rings (SSSR count). The van der Waals surface area contributed by atoms with Crippen molar-refractivity contribution in [3.63, 3.8) is 0 Å². The van der Waals surface area contributed by atoms with Crippen LogP contribution in [0.2, 0.25) is 0 Å². The molecule has 2 unspecified atom stereocenters. The van der Waals surface area contributed by atoms with Crippen molar-refractivity contribution in [2.75, 3.05) is 5.32 Å². The minimum absolute atomic E-state index is 0.463. The van der Waals surface area contributed by atoms with Crippen LogP contribution in [0.4, 0.5) is 10.5 Å². The molecule has 0 spiro atoms. The number of amides is 2. The number of carbonyl (C=O) groups is 1. The molecule has 1 fully saturated rings. The van der Waals surface area contributed by atoms with Gasteiger partial charge in [-0.15, -0.1) is 0 Å². The van der Waals surface area contributed by atoms with E-state index in [9.17, 15) is 20.1 Å². The molecule has 1 saturated heterocycles. The Labute approximate surface area is 144 Å². The number of hydrogen-bond donors (Lipinski definition) is 7. The molecule has 1 heterocycles. The molecule has 25 heavy (non-hydrogen) atoms.